The molecule has 4 nitrogen and oxygen atoms in total. The minimum Gasteiger partial charge on any atom is -0.379 e. The normalized spacial score (nSPS) is 11.2. The number of hydrogen-bond donors (Lipinski definition) is 1. The maximum atomic E-state index is 5.47. The summed E-state index contributed by atoms with van der Waals surface area (Å²) >= 11 is 1.70. The van der Waals surface area contributed by atoms with E-state index in [4.69, 9.17) is 4.74 Å². The average Bonchev–Trinajstić information content (AvgIpc) is 2.62. The molecule has 16 heavy (non-hydrogen) atoms. The van der Waals surface area contributed by atoms with Crippen molar-refractivity contribution in [3.8, 4) is 0 Å². The van der Waals surface area contributed by atoms with Gasteiger partial charge in [-0.2, -0.15) is 0 Å². The molecule has 0 atom stereocenters. The standard InChI is InChI=1S/C11H21N3OS/c1-10-9-16-11(13-10)8-12-4-6-15-7-5-14(2)3/h9,12H,4-8H2,1-3H3. The number of aromatic nitrogens is 1. The number of nitrogens with one attached hydrogen (secondary N) is 1. The average molecular weight is 243 g/mol. The third-order valence-corrected chi connectivity index (χ3v) is 3.02. The van der Waals surface area contributed by atoms with E-state index in [0.29, 0.717) is 0 Å². The van der Waals surface area contributed by atoms with Gasteiger partial charge in [-0.3, -0.25) is 0 Å². The van der Waals surface area contributed by atoms with Gasteiger partial charge >= 0.3 is 0 Å². The van der Waals surface area contributed by atoms with Crippen LogP contribution in [0.5, 0.6) is 0 Å². The van der Waals surface area contributed by atoms with E-state index >= 15 is 0 Å². The van der Waals surface area contributed by atoms with Gasteiger partial charge in [-0.15, -0.1) is 11.3 Å². The molecule has 0 saturated carbocycles. The lowest BCUT2D eigenvalue weighted by Crippen LogP contribution is -2.23. The summed E-state index contributed by atoms with van der Waals surface area (Å²) in [5.74, 6) is 0. The van der Waals surface area contributed by atoms with Gasteiger partial charge in [-0.1, -0.05) is 0 Å². The van der Waals surface area contributed by atoms with Gasteiger partial charge in [0.2, 0.25) is 0 Å². The molecule has 0 saturated heterocycles. The van der Waals surface area contributed by atoms with Gasteiger partial charge in [0.25, 0.3) is 0 Å². The molecule has 0 fully saturated rings. The predicted octanol–water partition coefficient (Wildman–Crippen LogP) is 1.12. The van der Waals surface area contributed by atoms with Crippen LogP contribution in [-0.2, 0) is 11.3 Å². The molecule has 1 rings (SSSR count). The fraction of sp³-hybridized carbons (Fsp3) is 0.727. The third kappa shape index (κ3) is 6.17. The first-order valence-electron chi connectivity index (χ1n) is 5.52. The van der Waals surface area contributed by atoms with Gasteiger partial charge in [0, 0.05) is 30.7 Å². The zero-order chi connectivity index (χ0) is 11.8. The largest absolute Gasteiger partial charge is 0.379 e. The van der Waals surface area contributed by atoms with Crippen molar-refractivity contribution in [2.45, 2.75) is 13.5 Å². The van der Waals surface area contributed by atoms with Crippen LogP contribution in [0.4, 0.5) is 0 Å². The Kier molecular flexibility index (Phi) is 6.56. The van der Waals surface area contributed by atoms with Crippen LogP contribution >= 0.6 is 11.3 Å². The van der Waals surface area contributed by atoms with Crippen LogP contribution in [0.15, 0.2) is 5.38 Å². The Morgan fingerprint density at radius 2 is 2.25 bits per heavy atom. The lowest BCUT2D eigenvalue weighted by molar-refractivity contribution is 0.119. The Morgan fingerprint density at radius 3 is 2.88 bits per heavy atom. The number of nitrogens with zero attached hydrogens (tertiary/aromatic N) is 2. The van der Waals surface area contributed by atoms with Gasteiger partial charge in [-0.25, -0.2) is 4.98 Å². The van der Waals surface area contributed by atoms with Crippen LogP contribution < -0.4 is 5.32 Å². The van der Waals surface area contributed by atoms with Crippen LogP contribution in [0.2, 0.25) is 0 Å². The summed E-state index contributed by atoms with van der Waals surface area (Å²) in [7, 11) is 4.10. The van der Waals surface area contributed by atoms with Crippen LogP contribution in [0.1, 0.15) is 10.7 Å². The molecule has 0 bridgehead atoms. The number of rotatable bonds is 8. The van der Waals surface area contributed by atoms with E-state index in [1.807, 2.05) is 21.0 Å². The molecule has 0 spiro atoms. The van der Waals surface area contributed by atoms with Crippen LogP contribution in [-0.4, -0.2) is 50.3 Å². The Balaban J connectivity index is 1.92. The zero-order valence-electron chi connectivity index (χ0n) is 10.3. The molecule has 0 aromatic carbocycles. The second-order valence-corrected chi connectivity index (χ2v) is 4.92. The fourth-order valence-corrected chi connectivity index (χ4v) is 1.91. The van der Waals surface area contributed by atoms with E-state index in [9.17, 15) is 0 Å². The van der Waals surface area contributed by atoms with E-state index in [0.717, 1.165) is 43.5 Å². The first-order valence-corrected chi connectivity index (χ1v) is 6.40. The van der Waals surface area contributed by atoms with Crippen LogP contribution in [0.25, 0.3) is 0 Å². The number of aryl methyl sites for hydroxylation is 1. The van der Waals surface area contributed by atoms with E-state index in [1.54, 1.807) is 11.3 Å². The Morgan fingerprint density at radius 1 is 1.44 bits per heavy atom. The molecule has 1 N–H and O–H groups in total. The van der Waals surface area contributed by atoms with Crippen molar-refractivity contribution in [1.82, 2.24) is 15.2 Å². The fourth-order valence-electron chi connectivity index (χ4n) is 1.17. The highest BCUT2D eigenvalue weighted by molar-refractivity contribution is 7.09. The molecule has 5 heteroatoms. The lowest BCUT2D eigenvalue weighted by Gasteiger charge is -2.09. The van der Waals surface area contributed by atoms with Gasteiger partial charge in [0.15, 0.2) is 0 Å². The van der Waals surface area contributed by atoms with Gasteiger partial charge < -0.3 is 15.0 Å². The SMILES string of the molecule is Cc1csc(CNCCOCCN(C)C)n1. The highest BCUT2D eigenvalue weighted by atomic mass is 32.1. The maximum Gasteiger partial charge on any atom is 0.107 e. The topological polar surface area (TPSA) is 37.4 Å². The Labute approximate surface area is 102 Å². The monoisotopic (exact) mass is 243 g/mol. The van der Waals surface area contributed by atoms with E-state index in [2.05, 4.69) is 20.6 Å². The van der Waals surface area contributed by atoms with E-state index in [1.165, 1.54) is 0 Å². The third-order valence-electron chi connectivity index (χ3n) is 2.05. The first-order chi connectivity index (χ1) is 7.68. The minimum atomic E-state index is 0.762. The molecule has 0 radical (unpaired) electrons. The van der Waals surface area contributed by atoms with Crippen molar-refractivity contribution in [1.29, 1.82) is 0 Å². The molecule has 1 aromatic heterocycles. The number of hydrogen-bond acceptors (Lipinski definition) is 5. The number of thiazole rings is 1. The lowest BCUT2D eigenvalue weighted by atomic mass is 10.5. The van der Waals surface area contributed by atoms with Crippen LogP contribution in [0.3, 0.4) is 0 Å². The van der Waals surface area contributed by atoms with Crippen molar-refractivity contribution in [2.75, 3.05) is 40.4 Å². The van der Waals surface area contributed by atoms with Gasteiger partial charge in [-0.05, 0) is 21.0 Å². The second-order valence-electron chi connectivity index (χ2n) is 3.98. The van der Waals surface area contributed by atoms with Crippen molar-refractivity contribution in [3.63, 3.8) is 0 Å². The molecule has 1 heterocycles. The summed E-state index contributed by atoms with van der Waals surface area (Å²) < 4.78 is 5.47. The zero-order valence-corrected chi connectivity index (χ0v) is 11.1. The maximum absolute atomic E-state index is 5.47. The molecule has 0 aliphatic carbocycles. The molecule has 0 amide bonds. The van der Waals surface area contributed by atoms with Gasteiger partial charge in [0.1, 0.15) is 5.01 Å². The molecule has 0 aliphatic rings. The number of likely N-dealkylation sites (N-methyl/N-ethyl adjacent to an activating group) is 1. The summed E-state index contributed by atoms with van der Waals surface area (Å²) in [6.07, 6.45) is 0. The van der Waals surface area contributed by atoms with Crippen molar-refractivity contribution < 1.29 is 4.74 Å². The van der Waals surface area contributed by atoms with Crippen molar-refractivity contribution in [3.05, 3.63) is 16.1 Å². The smallest absolute Gasteiger partial charge is 0.107 e. The van der Waals surface area contributed by atoms with Crippen LogP contribution in [0, 0.1) is 6.92 Å². The summed E-state index contributed by atoms with van der Waals surface area (Å²) in [4.78, 5) is 6.49. The molecule has 0 unspecified atom stereocenters. The molecule has 1 aromatic rings. The molecule has 0 aliphatic heterocycles. The summed E-state index contributed by atoms with van der Waals surface area (Å²) in [5.41, 5.74) is 1.10. The summed E-state index contributed by atoms with van der Waals surface area (Å²) in [6.45, 7) is 6.28. The van der Waals surface area contributed by atoms with Gasteiger partial charge in [0.05, 0.1) is 13.2 Å². The van der Waals surface area contributed by atoms with E-state index < -0.39 is 0 Å². The minimum absolute atomic E-state index is 0.762. The second kappa shape index (κ2) is 7.73. The molecular weight excluding hydrogens is 222 g/mol. The Bertz CT molecular complexity index is 289. The van der Waals surface area contributed by atoms with E-state index in [-0.39, 0.29) is 0 Å². The quantitative estimate of drug-likeness (QED) is 0.694. The highest BCUT2D eigenvalue weighted by Crippen LogP contribution is 2.07. The number of ether oxygens (including phenoxy) is 1. The first kappa shape index (κ1) is 13.6. The van der Waals surface area contributed by atoms with Crippen molar-refractivity contribution in [2.24, 2.45) is 0 Å². The van der Waals surface area contributed by atoms with Crippen molar-refractivity contribution >= 4 is 11.3 Å². The molecule has 92 valence electrons. The summed E-state index contributed by atoms with van der Waals surface area (Å²) in [6, 6.07) is 0. The summed E-state index contributed by atoms with van der Waals surface area (Å²) in [5, 5.41) is 6.53. The molecular formula is C11H21N3OS. The Hall–Kier alpha value is -0.490. The predicted molar refractivity (Wildman–Crippen MR) is 67.9 cm³/mol. The highest BCUT2D eigenvalue weighted by Gasteiger charge is 1.97.